The van der Waals surface area contributed by atoms with E-state index >= 15 is 0 Å². The van der Waals surface area contributed by atoms with Crippen LogP contribution < -0.4 is 0 Å². The molecule has 4 aromatic rings. The third-order valence-electron chi connectivity index (χ3n) is 5.09. The summed E-state index contributed by atoms with van der Waals surface area (Å²) < 4.78 is 7.35. The average molecular weight is 392 g/mol. The SMILES string of the molecule is CC(C)(O)c1ncc(C(=O)N2CCc3[nH]cnc3C2c2cc3ccccn3n2)o1. The summed E-state index contributed by atoms with van der Waals surface area (Å²) in [5, 5.41) is 14.8. The van der Waals surface area contributed by atoms with Gasteiger partial charge in [0.05, 0.1) is 29.4 Å². The molecular weight excluding hydrogens is 372 g/mol. The Kier molecular flexibility index (Phi) is 3.82. The molecular formula is C20H20N6O3. The molecule has 1 unspecified atom stereocenters. The lowest BCUT2D eigenvalue weighted by Crippen LogP contribution is -2.40. The molecule has 9 heteroatoms. The fourth-order valence-corrected chi connectivity index (χ4v) is 3.68. The summed E-state index contributed by atoms with van der Waals surface area (Å²) in [6, 6.07) is 7.31. The monoisotopic (exact) mass is 392 g/mol. The van der Waals surface area contributed by atoms with Gasteiger partial charge in [-0.3, -0.25) is 4.79 Å². The van der Waals surface area contributed by atoms with E-state index in [1.54, 1.807) is 29.6 Å². The van der Waals surface area contributed by atoms with Gasteiger partial charge in [0.15, 0.2) is 0 Å². The largest absolute Gasteiger partial charge is 0.432 e. The lowest BCUT2D eigenvalue weighted by molar-refractivity contribution is 0.0440. The highest BCUT2D eigenvalue weighted by Gasteiger charge is 2.38. The molecule has 1 aliphatic heterocycles. The number of pyridine rings is 1. The molecule has 1 amide bonds. The van der Waals surface area contributed by atoms with Gasteiger partial charge in [-0.15, -0.1) is 0 Å². The van der Waals surface area contributed by atoms with Gasteiger partial charge in [-0.25, -0.2) is 14.5 Å². The van der Waals surface area contributed by atoms with Crippen molar-refractivity contribution in [3.05, 3.63) is 71.7 Å². The third-order valence-corrected chi connectivity index (χ3v) is 5.09. The van der Waals surface area contributed by atoms with E-state index in [1.165, 1.54) is 6.20 Å². The number of imidazole rings is 1. The standard InChI is InChI=1S/C20H20N6O3/c1-20(2,28)19-21-10-15(29-19)18(27)25-8-6-13-16(23-11-22-13)17(25)14-9-12-5-3-4-7-26(12)24-14/h3-5,7,9-11,17,28H,6,8H2,1-2H3,(H,22,23). The van der Waals surface area contributed by atoms with Gasteiger partial charge < -0.3 is 19.4 Å². The molecule has 0 aromatic carbocycles. The highest BCUT2D eigenvalue weighted by molar-refractivity contribution is 5.92. The van der Waals surface area contributed by atoms with Gasteiger partial charge in [0, 0.05) is 24.9 Å². The van der Waals surface area contributed by atoms with Gasteiger partial charge in [-0.1, -0.05) is 6.07 Å². The van der Waals surface area contributed by atoms with Crippen molar-refractivity contribution in [2.45, 2.75) is 31.9 Å². The number of carbonyl (C=O) groups is 1. The topological polar surface area (TPSA) is 113 Å². The first kappa shape index (κ1) is 17.6. The lowest BCUT2D eigenvalue weighted by atomic mass is 9.99. The Labute approximate surface area is 166 Å². The summed E-state index contributed by atoms with van der Waals surface area (Å²) in [5.74, 6) is -0.138. The van der Waals surface area contributed by atoms with E-state index < -0.39 is 11.6 Å². The third kappa shape index (κ3) is 2.90. The predicted molar refractivity (Wildman–Crippen MR) is 102 cm³/mol. The minimum absolute atomic E-state index is 0.0786. The minimum Gasteiger partial charge on any atom is -0.432 e. The summed E-state index contributed by atoms with van der Waals surface area (Å²) in [5.41, 5.74) is 2.15. The van der Waals surface area contributed by atoms with Crippen molar-refractivity contribution in [3.8, 4) is 0 Å². The molecule has 0 saturated heterocycles. The molecule has 0 fully saturated rings. The quantitative estimate of drug-likeness (QED) is 0.552. The fourth-order valence-electron chi connectivity index (χ4n) is 3.68. The number of aromatic amines is 1. The molecule has 4 aromatic heterocycles. The number of rotatable bonds is 3. The zero-order chi connectivity index (χ0) is 20.2. The van der Waals surface area contributed by atoms with Gasteiger partial charge >= 0.3 is 0 Å². The van der Waals surface area contributed by atoms with Crippen LogP contribution >= 0.6 is 0 Å². The molecule has 1 aliphatic rings. The van der Waals surface area contributed by atoms with Crippen molar-refractivity contribution in [1.29, 1.82) is 0 Å². The number of aromatic nitrogens is 5. The van der Waals surface area contributed by atoms with E-state index in [1.807, 2.05) is 30.5 Å². The number of H-pyrrole nitrogens is 1. The Morgan fingerprint density at radius 2 is 2.21 bits per heavy atom. The number of hydrogen-bond donors (Lipinski definition) is 2. The van der Waals surface area contributed by atoms with Crippen molar-refractivity contribution >= 4 is 11.4 Å². The van der Waals surface area contributed by atoms with Crippen LogP contribution in [-0.2, 0) is 12.0 Å². The second-order valence-corrected chi connectivity index (χ2v) is 7.65. The van der Waals surface area contributed by atoms with E-state index in [2.05, 4.69) is 20.1 Å². The normalized spacial score (nSPS) is 16.9. The molecule has 9 nitrogen and oxygen atoms in total. The molecule has 5 heterocycles. The van der Waals surface area contributed by atoms with Crippen molar-refractivity contribution in [2.75, 3.05) is 6.54 Å². The number of fused-ring (bicyclic) bond motifs is 2. The lowest BCUT2D eigenvalue weighted by Gasteiger charge is -2.33. The van der Waals surface area contributed by atoms with Crippen LogP contribution in [0.3, 0.4) is 0 Å². The van der Waals surface area contributed by atoms with E-state index in [-0.39, 0.29) is 17.6 Å². The average Bonchev–Trinajstić information content (AvgIpc) is 3.44. The highest BCUT2D eigenvalue weighted by Crippen LogP contribution is 2.34. The predicted octanol–water partition coefficient (Wildman–Crippen LogP) is 2.06. The maximum Gasteiger partial charge on any atom is 0.292 e. The van der Waals surface area contributed by atoms with Crippen LogP contribution in [0, 0.1) is 0 Å². The van der Waals surface area contributed by atoms with Gasteiger partial charge in [0.1, 0.15) is 11.6 Å². The fraction of sp³-hybridized carbons (Fsp3) is 0.300. The second-order valence-electron chi connectivity index (χ2n) is 7.65. The molecule has 0 spiro atoms. The first-order valence-electron chi connectivity index (χ1n) is 9.38. The van der Waals surface area contributed by atoms with Crippen molar-refractivity contribution in [1.82, 2.24) is 29.5 Å². The van der Waals surface area contributed by atoms with Gasteiger partial charge in [0.25, 0.3) is 5.91 Å². The number of carbonyl (C=O) groups excluding carboxylic acids is 1. The van der Waals surface area contributed by atoms with Crippen LogP contribution in [0.15, 0.2) is 47.4 Å². The Hall–Kier alpha value is -3.46. The van der Waals surface area contributed by atoms with E-state index in [4.69, 9.17) is 4.42 Å². The number of nitrogens with zero attached hydrogens (tertiary/aromatic N) is 5. The van der Waals surface area contributed by atoms with Crippen molar-refractivity contribution < 1.29 is 14.3 Å². The first-order chi connectivity index (χ1) is 13.9. The van der Waals surface area contributed by atoms with Crippen LogP contribution in [0.2, 0.25) is 0 Å². The van der Waals surface area contributed by atoms with Crippen LogP contribution in [0.5, 0.6) is 0 Å². The van der Waals surface area contributed by atoms with Crippen molar-refractivity contribution in [3.63, 3.8) is 0 Å². The Morgan fingerprint density at radius 3 is 2.97 bits per heavy atom. The molecule has 0 aliphatic carbocycles. The number of nitrogens with one attached hydrogen (secondary N) is 1. The zero-order valence-corrected chi connectivity index (χ0v) is 16.0. The summed E-state index contributed by atoms with van der Waals surface area (Å²) in [4.78, 5) is 26.7. The van der Waals surface area contributed by atoms with Crippen LogP contribution in [0.25, 0.3) is 5.52 Å². The summed E-state index contributed by atoms with van der Waals surface area (Å²) >= 11 is 0. The molecule has 0 bridgehead atoms. The molecule has 1 atom stereocenters. The van der Waals surface area contributed by atoms with E-state index in [0.717, 1.165) is 22.6 Å². The maximum atomic E-state index is 13.3. The smallest absolute Gasteiger partial charge is 0.292 e. The summed E-state index contributed by atoms with van der Waals surface area (Å²) in [6.45, 7) is 3.60. The number of oxazole rings is 1. The molecule has 0 saturated carbocycles. The van der Waals surface area contributed by atoms with E-state index in [0.29, 0.717) is 13.0 Å². The van der Waals surface area contributed by atoms with Gasteiger partial charge in [0.2, 0.25) is 11.7 Å². The Morgan fingerprint density at radius 1 is 1.34 bits per heavy atom. The Balaban J connectivity index is 1.57. The molecule has 0 radical (unpaired) electrons. The maximum absolute atomic E-state index is 13.3. The number of amides is 1. The van der Waals surface area contributed by atoms with Crippen LogP contribution in [-0.4, -0.2) is 47.0 Å². The Bertz CT molecular complexity index is 1170. The molecule has 29 heavy (non-hydrogen) atoms. The van der Waals surface area contributed by atoms with Crippen LogP contribution in [0.1, 0.15) is 53.4 Å². The van der Waals surface area contributed by atoms with Crippen molar-refractivity contribution in [2.24, 2.45) is 0 Å². The minimum atomic E-state index is -1.27. The van der Waals surface area contributed by atoms with Gasteiger partial charge in [-0.2, -0.15) is 5.10 Å². The molecule has 5 rings (SSSR count). The number of hydrogen-bond acceptors (Lipinski definition) is 6. The van der Waals surface area contributed by atoms with Gasteiger partial charge in [-0.05, 0) is 32.0 Å². The van der Waals surface area contributed by atoms with Crippen LogP contribution in [0.4, 0.5) is 0 Å². The first-order valence-corrected chi connectivity index (χ1v) is 9.38. The molecule has 2 N–H and O–H groups in total. The number of aliphatic hydroxyl groups is 1. The summed E-state index contributed by atoms with van der Waals surface area (Å²) in [7, 11) is 0. The zero-order valence-electron chi connectivity index (χ0n) is 16.0. The van der Waals surface area contributed by atoms with E-state index in [9.17, 15) is 9.90 Å². The molecule has 148 valence electrons. The highest BCUT2D eigenvalue weighted by atomic mass is 16.4. The summed E-state index contributed by atoms with van der Waals surface area (Å²) in [6.07, 6.45) is 5.52. The second kappa shape index (κ2) is 6.28.